The summed E-state index contributed by atoms with van der Waals surface area (Å²) in [6, 6.07) is 1.62. The minimum atomic E-state index is -0.240. The highest BCUT2D eigenvalue weighted by Gasteiger charge is 2.24. The zero-order valence-corrected chi connectivity index (χ0v) is 14.8. The molecule has 0 fully saturated rings. The number of anilines is 1. The van der Waals surface area contributed by atoms with E-state index in [1.165, 1.54) is 40.2 Å². The van der Waals surface area contributed by atoms with E-state index in [2.05, 4.69) is 15.4 Å². The predicted molar refractivity (Wildman–Crippen MR) is 94.0 cm³/mol. The van der Waals surface area contributed by atoms with E-state index in [-0.39, 0.29) is 11.7 Å². The third-order valence-corrected chi connectivity index (χ3v) is 6.09. The van der Waals surface area contributed by atoms with Crippen LogP contribution in [0.1, 0.15) is 37.5 Å². The fraction of sp³-hybridized carbons (Fsp3) is 0.250. The number of thiophene rings is 1. The summed E-state index contributed by atoms with van der Waals surface area (Å²) in [6.07, 6.45) is 3.67. The number of hydrogen-bond donors (Lipinski definition) is 1. The van der Waals surface area contributed by atoms with E-state index in [0.717, 1.165) is 24.1 Å². The van der Waals surface area contributed by atoms with Crippen molar-refractivity contribution in [2.45, 2.75) is 19.8 Å². The number of aromatic nitrogens is 3. The molecule has 4 rings (SSSR count). The number of amides is 1. The maximum absolute atomic E-state index is 12.3. The van der Waals surface area contributed by atoms with Crippen molar-refractivity contribution in [1.82, 2.24) is 14.8 Å². The van der Waals surface area contributed by atoms with Crippen LogP contribution in [0.5, 0.6) is 0 Å². The summed E-state index contributed by atoms with van der Waals surface area (Å²) in [5.41, 5.74) is 3.62. The van der Waals surface area contributed by atoms with Crippen molar-refractivity contribution in [2.75, 3.05) is 5.32 Å². The first-order chi connectivity index (χ1) is 11.5. The summed E-state index contributed by atoms with van der Waals surface area (Å²) in [6.45, 7) is 1.49. The topological polar surface area (TPSA) is 76.9 Å². The monoisotopic (exact) mass is 358 g/mol. The van der Waals surface area contributed by atoms with E-state index in [1.807, 2.05) is 17.9 Å². The van der Waals surface area contributed by atoms with Gasteiger partial charge in [-0.3, -0.25) is 19.6 Å². The molecule has 0 saturated heterocycles. The Morgan fingerprint density at radius 3 is 2.92 bits per heavy atom. The Kier molecular flexibility index (Phi) is 3.58. The van der Waals surface area contributed by atoms with Gasteiger partial charge in [0.2, 0.25) is 0 Å². The lowest BCUT2D eigenvalue weighted by Crippen LogP contribution is -2.10. The van der Waals surface area contributed by atoms with Crippen LogP contribution in [0, 0.1) is 0 Å². The molecule has 0 saturated carbocycles. The van der Waals surface area contributed by atoms with Gasteiger partial charge in [0, 0.05) is 28.6 Å². The molecule has 0 bridgehead atoms. The number of carbonyl (C=O) groups excluding carboxylic acids is 2. The number of nitrogens with zero attached hydrogens (tertiary/aromatic N) is 3. The number of Topliss-reactive ketones (excluding diaryl/α,β-unsaturated/α-hetero) is 1. The summed E-state index contributed by atoms with van der Waals surface area (Å²) in [4.78, 5) is 30.0. The molecule has 0 spiro atoms. The third kappa shape index (κ3) is 2.47. The molecule has 0 aliphatic heterocycles. The number of fused-ring (bicyclic) bond motifs is 3. The molecule has 0 aromatic carbocycles. The Bertz CT molecular complexity index is 967. The fourth-order valence-corrected chi connectivity index (χ4v) is 4.54. The first kappa shape index (κ1) is 15.2. The van der Waals surface area contributed by atoms with Crippen LogP contribution in [0.2, 0.25) is 0 Å². The van der Waals surface area contributed by atoms with Gasteiger partial charge >= 0.3 is 0 Å². The van der Waals surface area contributed by atoms with E-state index < -0.39 is 0 Å². The Balaban J connectivity index is 1.59. The van der Waals surface area contributed by atoms with Gasteiger partial charge in [-0.05, 0) is 25.8 Å². The highest BCUT2D eigenvalue weighted by atomic mass is 32.1. The quantitative estimate of drug-likeness (QED) is 0.730. The standard InChI is InChI=1S/C16H14N4O2S2/c1-8(21)13-5-9(7-23-13)15(22)19-16-18-14-10-6-17-20(2)11(10)3-4-12(14)24-16/h5-7H,3-4H2,1-2H3,(H,18,19,22). The molecule has 1 amide bonds. The molecule has 0 atom stereocenters. The molecule has 1 aliphatic rings. The van der Waals surface area contributed by atoms with E-state index in [0.29, 0.717) is 15.6 Å². The van der Waals surface area contributed by atoms with E-state index in [1.54, 1.807) is 11.4 Å². The number of ketones is 1. The van der Waals surface area contributed by atoms with Gasteiger partial charge < -0.3 is 0 Å². The van der Waals surface area contributed by atoms with Gasteiger partial charge in [0.1, 0.15) is 0 Å². The van der Waals surface area contributed by atoms with Crippen molar-refractivity contribution >= 4 is 39.5 Å². The first-order valence-corrected chi connectivity index (χ1v) is 9.14. The van der Waals surface area contributed by atoms with Gasteiger partial charge in [-0.2, -0.15) is 5.10 Å². The van der Waals surface area contributed by atoms with Gasteiger partial charge in [-0.25, -0.2) is 4.98 Å². The van der Waals surface area contributed by atoms with Crippen LogP contribution in [0.15, 0.2) is 17.6 Å². The van der Waals surface area contributed by atoms with Crippen molar-refractivity contribution in [3.63, 3.8) is 0 Å². The highest BCUT2D eigenvalue weighted by molar-refractivity contribution is 7.16. The molecule has 3 heterocycles. The van der Waals surface area contributed by atoms with Crippen molar-refractivity contribution in [2.24, 2.45) is 7.05 Å². The molecule has 1 aliphatic carbocycles. The van der Waals surface area contributed by atoms with Crippen LogP contribution in [-0.4, -0.2) is 26.5 Å². The zero-order valence-electron chi connectivity index (χ0n) is 13.1. The molecule has 0 radical (unpaired) electrons. The molecule has 6 nitrogen and oxygen atoms in total. The number of carbonyl (C=O) groups is 2. The van der Waals surface area contributed by atoms with E-state index >= 15 is 0 Å². The van der Waals surface area contributed by atoms with E-state index in [9.17, 15) is 9.59 Å². The predicted octanol–water partition coefficient (Wildman–Crippen LogP) is 3.16. The second kappa shape index (κ2) is 5.64. The van der Waals surface area contributed by atoms with Gasteiger partial charge in [-0.1, -0.05) is 0 Å². The highest BCUT2D eigenvalue weighted by Crippen LogP contribution is 2.37. The molecule has 24 heavy (non-hydrogen) atoms. The number of aryl methyl sites for hydroxylation is 2. The van der Waals surface area contributed by atoms with Crippen LogP contribution in [-0.2, 0) is 19.9 Å². The minimum Gasteiger partial charge on any atom is -0.298 e. The second-order valence-corrected chi connectivity index (χ2v) is 7.62. The van der Waals surface area contributed by atoms with Crippen molar-refractivity contribution in [1.29, 1.82) is 0 Å². The zero-order chi connectivity index (χ0) is 16.8. The Morgan fingerprint density at radius 1 is 1.33 bits per heavy atom. The van der Waals surface area contributed by atoms with Crippen molar-refractivity contribution < 1.29 is 9.59 Å². The summed E-state index contributed by atoms with van der Waals surface area (Å²) in [5, 5.41) is 9.41. The lowest BCUT2D eigenvalue weighted by atomic mass is 10.0. The molecular weight excluding hydrogens is 344 g/mol. The molecule has 0 unspecified atom stereocenters. The van der Waals surface area contributed by atoms with Crippen LogP contribution in [0.3, 0.4) is 0 Å². The Morgan fingerprint density at radius 2 is 2.17 bits per heavy atom. The van der Waals surface area contributed by atoms with Gasteiger partial charge in [0.05, 0.1) is 22.3 Å². The number of hydrogen-bond acceptors (Lipinski definition) is 6. The Hall–Kier alpha value is -2.32. The molecule has 3 aromatic heterocycles. The summed E-state index contributed by atoms with van der Waals surface area (Å²) >= 11 is 2.78. The van der Waals surface area contributed by atoms with Crippen LogP contribution in [0.25, 0.3) is 11.3 Å². The maximum Gasteiger partial charge on any atom is 0.258 e. The van der Waals surface area contributed by atoms with Gasteiger partial charge in [0.15, 0.2) is 10.9 Å². The van der Waals surface area contributed by atoms with Gasteiger partial charge in [0.25, 0.3) is 5.91 Å². The largest absolute Gasteiger partial charge is 0.298 e. The fourth-order valence-electron chi connectivity index (χ4n) is 2.78. The lowest BCUT2D eigenvalue weighted by Gasteiger charge is -2.10. The average Bonchev–Trinajstić information content (AvgIpc) is 3.24. The van der Waals surface area contributed by atoms with Crippen LogP contribution < -0.4 is 5.32 Å². The average molecular weight is 358 g/mol. The third-order valence-electron chi connectivity index (χ3n) is 4.03. The van der Waals surface area contributed by atoms with Crippen LogP contribution in [0.4, 0.5) is 5.13 Å². The molecule has 8 heteroatoms. The number of thiazole rings is 1. The molecule has 122 valence electrons. The van der Waals surface area contributed by atoms with E-state index in [4.69, 9.17) is 0 Å². The normalized spacial score (nSPS) is 12.6. The first-order valence-electron chi connectivity index (χ1n) is 7.44. The summed E-state index contributed by atoms with van der Waals surface area (Å²) in [5.74, 6) is -0.274. The maximum atomic E-state index is 12.3. The summed E-state index contributed by atoms with van der Waals surface area (Å²) in [7, 11) is 1.93. The lowest BCUT2D eigenvalue weighted by molar-refractivity contribution is 0.102. The number of rotatable bonds is 3. The van der Waals surface area contributed by atoms with Crippen LogP contribution >= 0.6 is 22.7 Å². The smallest absolute Gasteiger partial charge is 0.258 e. The molecule has 3 aromatic rings. The summed E-state index contributed by atoms with van der Waals surface area (Å²) < 4.78 is 1.88. The second-order valence-electron chi connectivity index (χ2n) is 5.63. The van der Waals surface area contributed by atoms with Crippen molar-refractivity contribution in [3.8, 4) is 11.3 Å². The van der Waals surface area contributed by atoms with Crippen molar-refractivity contribution in [3.05, 3.63) is 38.7 Å². The number of nitrogens with one attached hydrogen (secondary N) is 1. The van der Waals surface area contributed by atoms with Gasteiger partial charge in [-0.15, -0.1) is 22.7 Å². The molecule has 1 N–H and O–H groups in total. The minimum absolute atomic E-state index is 0.0344. The Labute approximate surface area is 146 Å². The molecular formula is C16H14N4O2S2. The SMILES string of the molecule is CC(=O)c1cc(C(=O)Nc2nc3c(s2)CCc2c-3cnn2C)cs1.